The van der Waals surface area contributed by atoms with Crippen LogP contribution in [0.15, 0.2) is 40.9 Å². The Hall–Kier alpha value is -2.06. The maximum absolute atomic E-state index is 13.1. The molecule has 1 atom stereocenters. The van der Waals surface area contributed by atoms with Crippen molar-refractivity contribution in [3.8, 4) is 11.8 Å². The van der Waals surface area contributed by atoms with Crippen molar-refractivity contribution in [2.75, 3.05) is 12.4 Å². The molecule has 2 aromatic carbocycles. The molecule has 0 saturated carbocycles. The molecule has 0 aromatic heterocycles. The minimum Gasteiger partial charge on any atom is -0.495 e. The van der Waals surface area contributed by atoms with Gasteiger partial charge in [0.1, 0.15) is 11.6 Å². The molecule has 1 unspecified atom stereocenters. The summed E-state index contributed by atoms with van der Waals surface area (Å²) in [5, 5.41) is 12.2. The first-order valence-electron chi connectivity index (χ1n) is 6.34. The van der Waals surface area contributed by atoms with Crippen molar-refractivity contribution in [2.24, 2.45) is 0 Å². The number of methoxy groups -OCH3 is 1. The zero-order chi connectivity index (χ0) is 15.4. The Morgan fingerprint density at radius 1 is 1.29 bits per heavy atom. The molecule has 0 fully saturated rings. The van der Waals surface area contributed by atoms with Gasteiger partial charge in [-0.1, -0.05) is 22.0 Å². The van der Waals surface area contributed by atoms with Crippen molar-refractivity contribution in [1.29, 1.82) is 5.26 Å². The number of anilines is 1. The van der Waals surface area contributed by atoms with Crippen LogP contribution in [-0.2, 0) is 0 Å². The molecular formula is C16H14BrFN2O. The van der Waals surface area contributed by atoms with Gasteiger partial charge >= 0.3 is 0 Å². The van der Waals surface area contributed by atoms with Crippen LogP contribution >= 0.6 is 15.9 Å². The highest BCUT2D eigenvalue weighted by Crippen LogP contribution is 2.31. The monoisotopic (exact) mass is 348 g/mol. The number of nitrogens with zero attached hydrogens (tertiary/aromatic N) is 1. The van der Waals surface area contributed by atoms with Gasteiger partial charge < -0.3 is 10.1 Å². The van der Waals surface area contributed by atoms with Crippen LogP contribution in [0.5, 0.6) is 5.75 Å². The second kappa shape index (κ2) is 6.59. The summed E-state index contributed by atoms with van der Waals surface area (Å²) >= 11 is 3.37. The molecule has 0 bridgehead atoms. The average Bonchev–Trinajstić information content (AvgIpc) is 2.47. The quantitative estimate of drug-likeness (QED) is 0.875. The van der Waals surface area contributed by atoms with Crippen molar-refractivity contribution in [2.45, 2.75) is 13.0 Å². The molecule has 1 N–H and O–H groups in total. The smallest absolute Gasteiger partial charge is 0.143 e. The van der Waals surface area contributed by atoms with Gasteiger partial charge in [0, 0.05) is 16.6 Å². The highest BCUT2D eigenvalue weighted by atomic mass is 79.9. The summed E-state index contributed by atoms with van der Waals surface area (Å²) in [4.78, 5) is 0. The third kappa shape index (κ3) is 3.53. The normalized spacial score (nSPS) is 11.6. The molecule has 0 heterocycles. The van der Waals surface area contributed by atoms with E-state index in [0.717, 1.165) is 11.3 Å². The van der Waals surface area contributed by atoms with E-state index >= 15 is 0 Å². The fourth-order valence-electron chi connectivity index (χ4n) is 2.04. The molecular weight excluding hydrogens is 335 g/mol. The van der Waals surface area contributed by atoms with Gasteiger partial charge in [-0.05, 0) is 36.8 Å². The first-order chi connectivity index (χ1) is 10.0. The molecule has 5 heteroatoms. The molecule has 21 heavy (non-hydrogen) atoms. The standard InChI is InChI=1S/C16H14BrFN2O/c1-10(13-5-4-12(18)8-14(13)17)20-15-6-3-11(9-19)7-16(15)21-2/h3-8,10,20H,1-2H3. The van der Waals surface area contributed by atoms with E-state index in [1.54, 1.807) is 31.4 Å². The Labute approximate surface area is 131 Å². The average molecular weight is 349 g/mol. The SMILES string of the molecule is COc1cc(C#N)ccc1NC(C)c1ccc(F)cc1Br. The minimum atomic E-state index is -0.284. The van der Waals surface area contributed by atoms with E-state index in [-0.39, 0.29) is 11.9 Å². The second-order valence-electron chi connectivity index (χ2n) is 4.56. The number of rotatable bonds is 4. The molecule has 0 aliphatic carbocycles. The Morgan fingerprint density at radius 2 is 2.05 bits per heavy atom. The first kappa shape index (κ1) is 15.3. The number of ether oxygens (including phenoxy) is 1. The molecule has 3 nitrogen and oxygen atoms in total. The Bertz CT molecular complexity index is 697. The first-order valence-corrected chi connectivity index (χ1v) is 7.14. The van der Waals surface area contributed by atoms with Crippen LogP contribution in [0, 0.1) is 17.1 Å². The van der Waals surface area contributed by atoms with Crippen molar-refractivity contribution in [1.82, 2.24) is 0 Å². The highest BCUT2D eigenvalue weighted by molar-refractivity contribution is 9.10. The van der Waals surface area contributed by atoms with Crippen LogP contribution in [-0.4, -0.2) is 7.11 Å². The molecule has 0 spiro atoms. The summed E-state index contributed by atoms with van der Waals surface area (Å²) in [6.45, 7) is 1.97. The third-order valence-electron chi connectivity index (χ3n) is 3.13. The van der Waals surface area contributed by atoms with Crippen LogP contribution in [0.25, 0.3) is 0 Å². The number of nitrogens with one attached hydrogen (secondary N) is 1. The number of hydrogen-bond acceptors (Lipinski definition) is 3. The third-order valence-corrected chi connectivity index (χ3v) is 3.82. The van der Waals surface area contributed by atoms with Crippen molar-refractivity contribution < 1.29 is 9.13 Å². The van der Waals surface area contributed by atoms with Crippen LogP contribution in [0.2, 0.25) is 0 Å². The lowest BCUT2D eigenvalue weighted by Crippen LogP contribution is -2.08. The van der Waals surface area contributed by atoms with Gasteiger partial charge in [0.15, 0.2) is 0 Å². The molecule has 2 rings (SSSR count). The van der Waals surface area contributed by atoms with Gasteiger partial charge in [0.05, 0.1) is 24.4 Å². The molecule has 0 radical (unpaired) electrons. The second-order valence-corrected chi connectivity index (χ2v) is 5.41. The Kier molecular flexibility index (Phi) is 4.81. The molecule has 0 aliphatic rings. The van der Waals surface area contributed by atoms with Gasteiger partial charge in [-0.3, -0.25) is 0 Å². The van der Waals surface area contributed by atoms with E-state index in [9.17, 15) is 4.39 Å². The van der Waals surface area contributed by atoms with Gasteiger partial charge in [-0.25, -0.2) is 4.39 Å². The van der Waals surface area contributed by atoms with Crippen molar-refractivity contribution >= 4 is 21.6 Å². The van der Waals surface area contributed by atoms with E-state index in [1.165, 1.54) is 12.1 Å². The fraction of sp³-hybridized carbons (Fsp3) is 0.188. The van der Waals surface area contributed by atoms with E-state index in [0.29, 0.717) is 15.8 Å². The van der Waals surface area contributed by atoms with Gasteiger partial charge in [-0.15, -0.1) is 0 Å². The van der Waals surface area contributed by atoms with Gasteiger partial charge in [0.2, 0.25) is 0 Å². The molecule has 0 aliphatic heterocycles. The van der Waals surface area contributed by atoms with Gasteiger partial charge in [-0.2, -0.15) is 5.26 Å². The summed E-state index contributed by atoms with van der Waals surface area (Å²) in [7, 11) is 1.56. The van der Waals surface area contributed by atoms with E-state index < -0.39 is 0 Å². The van der Waals surface area contributed by atoms with Crippen LogP contribution in [0.3, 0.4) is 0 Å². The zero-order valence-corrected chi connectivity index (χ0v) is 13.2. The Balaban J connectivity index is 2.27. The topological polar surface area (TPSA) is 45.0 Å². The lowest BCUT2D eigenvalue weighted by Gasteiger charge is -2.19. The van der Waals surface area contributed by atoms with Crippen LogP contribution < -0.4 is 10.1 Å². The maximum atomic E-state index is 13.1. The fourth-order valence-corrected chi connectivity index (χ4v) is 2.74. The summed E-state index contributed by atoms with van der Waals surface area (Å²) in [6.07, 6.45) is 0. The summed E-state index contributed by atoms with van der Waals surface area (Å²) in [6, 6.07) is 11.8. The molecule has 0 saturated heterocycles. The van der Waals surface area contributed by atoms with Crippen LogP contribution in [0.1, 0.15) is 24.1 Å². The minimum absolute atomic E-state index is 0.0539. The highest BCUT2D eigenvalue weighted by Gasteiger charge is 2.12. The number of hydrogen-bond donors (Lipinski definition) is 1. The maximum Gasteiger partial charge on any atom is 0.143 e. The summed E-state index contributed by atoms with van der Waals surface area (Å²) in [5.74, 6) is 0.313. The summed E-state index contributed by atoms with van der Waals surface area (Å²) < 4.78 is 19.1. The number of halogens is 2. The molecule has 108 valence electrons. The van der Waals surface area contributed by atoms with Crippen LogP contribution in [0.4, 0.5) is 10.1 Å². The zero-order valence-electron chi connectivity index (χ0n) is 11.7. The van der Waals surface area contributed by atoms with Crippen molar-refractivity contribution in [3.63, 3.8) is 0 Å². The number of benzene rings is 2. The van der Waals surface area contributed by atoms with E-state index in [1.807, 2.05) is 6.92 Å². The van der Waals surface area contributed by atoms with E-state index in [4.69, 9.17) is 10.00 Å². The largest absolute Gasteiger partial charge is 0.495 e. The van der Waals surface area contributed by atoms with E-state index in [2.05, 4.69) is 27.3 Å². The molecule has 0 amide bonds. The summed E-state index contributed by atoms with van der Waals surface area (Å²) in [5.41, 5.74) is 2.25. The predicted octanol–water partition coefficient (Wildman–Crippen LogP) is 4.64. The Morgan fingerprint density at radius 3 is 2.67 bits per heavy atom. The molecule has 2 aromatic rings. The number of nitriles is 1. The van der Waals surface area contributed by atoms with Gasteiger partial charge in [0.25, 0.3) is 0 Å². The lowest BCUT2D eigenvalue weighted by atomic mass is 10.1. The van der Waals surface area contributed by atoms with Crippen molar-refractivity contribution in [3.05, 3.63) is 57.8 Å². The lowest BCUT2D eigenvalue weighted by molar-refractivity contribution is 0.416. The predicted molar refractivity (Wildman–Crippen MR) is 83.8 cm³/mol.